The Balaban J connectivity index is 0.00000200. The lowest BCUT2D eigenvalue weighted by Crippen LogP contribution is -2.45. The van der Waals surface area contributed by atoms with E-state index in [1.54, 1.807) is 0 Å². The lowest BCUT2D eigenvalue weighted by molar-refractivity contribution is 0.166. The maximum absolute atomic E-state index is 3.87. The van der Waals surface area contributed by atoms with Crippen molar-refractivity contribution in [2.75, 3.05) is 26.2 Å². The Morgan fingerprint density at radius 3 is 2.43 bits per heavy atom. The molecule has 21 heavy (non-hydrogen) atoms. The van der Waals surface area contributed by atoms with Gasteiger partial charge in [-0.15, -0.1) is 31.4 Å². The fourth-order valence-corrected chi connectivity index (χ4v) is 2.80. The third-order valence-electron chi connectivity index (χ3n) is 4.15. The van der Waals surface area contributed by atoms with Crippen LogP contribution in [0.1, 0.15) is 35.6 Å². The Morgan fingerprint density at radius 1 is 1.19 bits per heavy atom. The minimum atomic E-state index is 0. The van der Waals surface area contributed by atoms with E-state index in [1.807, 2.05) is 6.08 Å². The van der Waals surface area contributed by atoms with Crippen molar-refractivity contribution >= 4 is 24.8 Å². The third kappa shape index (κ3) is 5.63. The summed E-state index contributed by atoms with van der Waals surface area (Å²) >= 11 is 0. The number of hydrogen-bond donors (Lipinski definition) is 1. The Kier molecular flexibility index (Phi) is 9.97. The molecule has 1 heterocycles. The van der Waals surface area contributed by atoms with Gasteiger partial charge in [-0.3, -0.25) is 4.90 Å². The fourth-order valence-electron chi connectivity index (χ4n) is 2.80. The molecule has 1 atom stereocenters. The van der Waals surface area contributed by atoms with Crippen LogP contribution in [0, 0.1) is 13.8 Å². The summed E-state index contributed by atoms with van der Waals surface area (Å²) in [5, 5.41) is 3.44. The summed E-state index contributed by atoms with van der Waals surface area (Å²) in [5.74, 6) is 0. The van der Waals surface area contributed by atoms with Crippen LogP contribution in [0.15, 0.2) is 30.9 Å². The fraction of sp³-hybridized carbons (Fsp3) is 0.529. The van der Waals surface area contributed by atoms with Gasteiger partial charge < -0.3 is 5.32 Å². The number of rotatable bonds is 5. The quantitative estimate of drug-likeness (QED) is 0.819. The molecule has 0 unspecified atom stereocenters. The molecule has 0 bridgehead atoms. The number of nitrogens with zero attached hydrogens (tertiary/aromatic N) is 1. The van der Waals surface area contributed by atoms with Crippen LogP contribution in [0.3, 0.4) is 0 Å². The van der Waals surface area contributed by atoms with E-state index in [4.69, 9.17) is 0 Å². The maximum atomic E-state index is 3.87. The molecule has 0 spiro atoms. The first kappa shape index (κ1) is 20.5. The van der Waals surface area contributed by atoms with Crippen LogP contribution in [0.25, 0.3) is 0 Å². The zero-order chi connectivity index (χ0) is 13.7. The highest BCUT2D eigenvalue weighted by Gasteiger charge is 2.21. The molecule has 2 nitrogen and oxygen atoms in total. The largest absolute Gasteiger partial charge is 0.314 e. The summed E-state index contributed by atoms with van der Waals surface area (Å²) in [6, 6.07) is 7.47. The zero-order valence-corrected chi connectivity index (χ0v) is 14.7. The van der Waals surface area contributed by atoms with Gasteiger partial charge >= 0.3 is 0 Å². The Morgan fingerprint density at radius 2 is 1.86 bits per heavy atom. The lowest BCUT2D eigenvalue weighted by atomic mass is 9.96. The number of halogens is 2. The molecule has 0 aliphatic carbocycles. The minimum absolute atomic E-state index is 0. The van der Waals surface area contributed by atoms with Crippen molar-refractivity contribution in [3.8, 4) is 0 Å². The summed E-state index contributed by atoms with van der Waals surface area (Å²) in [7, 11) is 0. The zero-order valence-electron chi connectivity index (χ0n) is 13.1. The van der Waals surface area contributed by atoms with E-state index in [0.29, 0.717) is 6.04 Å². The van der Waals surface area contributed by atoms with Crippen molar-refractivity contribution in [3.05, 3.63) is 47.5 Å². The molecule has 2 rings (SSSR count). The number of benzene rings is 1. The maximum Gasteiger partial charge on any atom is 0.0352 e. The first-order valence-electron chi connectivity index (χ1n) is 7.35. The topological polar surface area (TPSA) is 15.3 Å². The van der Waals surface area contributed by atoms with Gasteiger partial charge in [0.2, 0.25) is 0 Å². The van der Waals surface area contributed by atoms with Crippen molar-refractivity contribution < 1.29 is 0 Å². The van der Waals surface area contributed by atoms with Crippen molar-refractivity contribution in [1.29, 1.82) is 0 Å². The number of nitrogens with one attached hydrogen (secondary N) is 1. The van der Waals surface area contributed by atoms with E-state index in [0.717, 1.165) is 32.6 Å². The molecule has 0 saturated carbocycles. The Bertz CT molecular complexity index is 429. The highest BCUT2D eigenvalue weighted by atomic mass is 35.5. The average Bonchev–Trinajstić information content (AvgIpc) is 2.44. The van der Waals surface area contributed by atoms with E-state index in [2.05, 4.69) is 48.8 Å². The first-order valence-corrected chi connectivity index (χ1v) is 7.35. The molecule has 0 radical (unpaired) electrons. The second-order valence-electron chi connectivity index (χ2n) is 5.51. The highest BCUT2D eigenvalue weighted by Crippen LogP contribution is 2.27. The summed E-state index contributed by atoms with van der Waals surface area (Å²) < 4.78 is 0. The van der Waals surface area contributed by atoms with Crippen LogP contribution in [0.4, 0.5) is 0 Å². The van der Waals surface area contributed by atoms with Gasteiger partial charge in [-0.2, -0.15) is 0 Å². The summed E-state index contributed by atoms with van der Waals surface area (Å²) in [6.07, 6.45) is 4.30. The van der Waals surface area contributed by atoms with Crippen LogP contribution < -0.4 is 5.32 Å². The molecular weight excluding hydrogens is 303 g/mol. The second kappa shape index (κ2) is 10.2. The molecule has 1 aromatic carbocycles. The van der Waals surface area contributed by atoms with Crippen molar-refractivity contribution in [2.24, 2.45) is 0 Å². The van der Waals surface area contributed by atoms with Gasteiger partial charge in [0, 0.05) is 32.2 Å². The highest BCUT2D eigenvalue weighted by molar-refractivity contribution is 5.85. The third-order valence-corrected chi connectivity index (χ3v) is 4.15. The molecular formula is C17H28Cl2N2. The second-order valence-corrected chi connectivity index (χ2v) is 5.51. The molecule has 1 saturated heterocycles. The summed E-state index contributed by atoms with van der Waals surface area (Å²) in [4.78, 5) is 2.62. The molecule has 1 aliphatic heterocycles. The van der Waals surface area contributed by atoms with Crippen molar-refractivity contribution in [2.45, 2.75) is 32.7 Å². The van der Waals surface area contributed by atoms with E-state index in [1.165, 1.54) is 23.1 Å². The SMILES string of the molecule is C=CCC[C@H](c1ccc(C)c(C)c1)N1CCNCC1.Cl.Cl. The van der Waals surface area contributed by atoms with Gasteiger partial charge in [-0.05, 0) is 43.4 Å². The van der Waals surface area contributed by atoms with Gasteiger partial charge in [0.25, 0.3) is 0 Å². The number of hydrogen-bond acceptors (Lipinski definition) is 2. The number of allylic oxidation sites excluding steroid dienone is 1. The normalized spacial score (nSPS) is 16.5. The monoisotopic (exact) mass is 330 g/mol. The van der Waals surface area contributed by atoms with E-state index >= 15 is 0 Å². The summed E-state index contributed by atoms with van der Waals surface area (Å²) in [6.45, 7) is 12.8. The molecule has 120 valence electrons. The molecule has 0 aromatic heterocycles. The molecule has 4 heteroatoms. The smallest absolute Gasteiger partial charge is 0.0352 e. The van der Waals surface area contributed by atoms with Gasteiger partial charge in [0.15, 0.2) is 0 Å². The minimum Gasteiger partial charge on any atom is -0.314 e. The number of piperazine rings is 1. The van der Waals surface area contributed by atoms with E-state index < -0.39 is 0 Å². The summed E-state index contributed by atoms with van der Waals surface area (Å²) in [5.41, 5.74) is 4.25. The van der Waals surface area contributed by atoms with Crippen LogP contribution in [-0.4, -0.2) is 31.1 Å². The van der Waals surface area contributed by atoms with Crippen LogP contribution in [-0.2, 0) is 0 Å². The molecule has 1 aromatic rings. The predicted molar refractivity (Wildman–Crippen MR) is 97.0 cm³/mol. The van der Waals surface area contributed by atoms with Crippen LogP contribution >= 0.6 is 24.8 Å². The van der Waals surface area contributed by atoms with E-state index in [9.17, 15) is 0 Å². The van der Waals surface area contributed by atoms with Gasteiger partial charge in [0.1, 0.15) is 0 Å². The molecule has 1 N–H and O–H groups in total. The Hall–Kier alpha value is -0.540. The van der Waals surface area contributed by atoms with Gasteiger partial charge in [-0.1, -0.05) is 24.3 Å². The number of aryl methyl sites for hydroxylation is 2. The predicted octanol–water partition coefficient (Wildman–Crippen LogP) is 4.06. The standard InChI is InChI=1S/C17H26N2.2ClH/c1-4-5-6-17(19-11-9-18-10-12-19)16-8-7-14(2)15(3)13-16;;/h4,7-8,13,17-18H,1,5-6,9-12H2,2-3H3;2*1H/t17-;;/m1../s1. The first-order chi connectivity index (χ1) is 9.22. The molecule has 1 fully saturated rings. The van der Waals surface area contributed by atoms with Crippen molar-refractivity contribution in [1.82, 2.24) is 10.2 Å². The van der Waals surface area contributed by atoms with Gasteiger partial charge in [-0.25, -0.2) is 0 Å². The van der Waals surface area contributed by atoms with Gasteiger partial charge in [0.05, 0.1) is 0 Å². The van der Waals surface area contributed by atoms with E-state index in [-0.39, 0.29) is 24.8 Å². The molecule has 0 amide bonds. The molecule has 1 aliphatic rings. The van der Waals surface area contributed by atoms with Crippen molar-refractivity contribution in [3.63, 3.8) is 0 Å². The van der Waals surface area contributed by atoms with Crippen LogP contribution in [0.2, 0.25) is 0 Å². The van der Waals surface area contributed by atoms with Crippen LogP contribution in [0.5, 0.6) is 0 Å². The Labute approximate surface area is 141 Å². The lowest BCUT2D eigenvalue weighted by Gasteiger charge is -2.35. The average molecular weight is 331 g/mol.